The number of fused-ring (bicyclic) bond motifs is 11. The van der Waals surface area contributed by atoms with Gasteiger partial charge in [0.1, 0.15) is 0 Å². The van der Waals surface area contributed by atoms with Crippen LogP contribution in [0.1, 0.15) is 72.2 Å². The van der Waals surface area contributed by atoms with Crippen molar-refractivity contribution in [3.63, 3.8) is 0 Å². The molecule has 2 spiro atoms. The summed E-state index contributed by atoms with van der Waals surface area (Å²) in [6.45, 7) is 8.98. The van der Waals surface area contributed by atoms with Crippen LogP contribution >= 0.6 is 0 Å². The van der Waals surface area contributed by atoms with E-state index in [2.05, 4.69) is 179 Å². The van der Waals surface area contributed by atoms with E-state index < -0.39 is 10.8 Å². The topological polar surface area (TPSA) is 12.9 Å². The minimum atomic E-state index is -0.464. The third kappa shape index (κ3) is 3.49. The molecule has 0 saturated carbocycles. The lowest BCUT2D eigenvalue weighted by Gasteiger charge is -2.49. The Labute approximate surface area is 283 Å². The maximum atomic E-state index is 5.20. The Kier molecular flexibility index (Phi) is 6.27. The lowest BCUT2D eigenvalue weighted by atomic mass is 9.52. The van der Waals surface area contributed by atoms with Gasteiger partial charge in [-0.3, -0.25) is 0 Å². The Morgan fingerprint density at radius 2 is 0.979 bits per heavy atom. The van der Waals surface area contributed by atoms with Crippen LogP contribution in [0.5, 0.6) is 0 Å². The predicted molar refractivity (Wildman–Crippen MR) is 201 cm³/mol. The van der Waals surface area contributed by atoms with Gasteiger partial charge in [-0.05, 0) is 113 Å². The Hall–Kier alpha value is -5.53. The summed E-state index contributed by atoms with van der Waals surface area (Å²) in [4.78, 5) is 5.20. The average molecular weight is 616 g/mol. The molecule has 9 rings (SSSR count). The molecule has 0 fully saturated rings. The Morgan fingerprint density at radius 3 is 1.58 bits per heavy atom. The number of benzene rings is 5. The van der Waals surface area contributed by atoms with Crippen molar-refractivity contribution in [3.8, 4) is 11.3 Å². The third-order valence-electron chi connectivity index (χ3n) is 11.3. The van der Waals surface area contributed by atoms with Gasteiger partial charge >= 0.3 is 0 Å². The van der Waals surface area contributed by atoms with E-state index in [0.29, 0.717) is 0 Å². The van der Waals surface area contributed by atoms with Crippen LogP contribution < -0.4 is 0 Å². The van der Waals surface area contributed by atoms with E-state index in [9.17, 15) is 0 Å². The molecule has 2 atom stereocenters. The molecule has 1 heterocycles. The smallest absolute Gasteiger partial charge is 0.0709 e. The molecule has 0 radical (unpaired) electrons. The highest BCUT2D eigenvalue weighted by molar-refractivity contribution is 5.96. The van der Waals surface area contributed by atoms with E-state index in [-0.39, 0.29) is 0 Å². The highest BCUT2D eigenvalue weighted by Gasteiger charge is 2.58. The van der Waals surface area contributed by atoms with Gasteiger partial charge in [0, 0.05) is 10.9 Å². The van der Waals surface area contributed by atoms with E-state index >= 15 is 0 Å². The first kappa shape index (κ1) is 28.7. The monoisotopic (exact) mass is 615 g/mol. The number of hydrogen-bond acceptors (Lipinski definition) is 1. The van der Waals surface area contributed by atoms with Gasteiger partial charge in [-0.1, -0.05) is 133 Å². The summed E-state index contributed by atoms with van der Waals surface area (Å²) < 4.78 is 0. The lowest BCUT2D eigenvalue weighted by Crippen LogP contribution is -2.44. The maximum absolute atomic E-state index is 5.20. The summed E-state index contributed by atoms with van der Waals surface area (Å²) in [5, 5.41) is 1.16. The molecule has 0 N–H and O–H groups in total. The van der Waals surface area contributed by atoms with Crippen LogP contribution in [0.2, 0.25) is 0 Å². The Balaban J connectivity index is 1.47. The highest BCUT2D eigenvalue weighted by Crippen LogP contribution is 2.66. The lowest BCUT2D eigenvalue weighted by molar-refractivity contribution is 0.614. The minimum Gasteiger partial charge on any atom is -0.248 e. The second-order valence-corrected chi connectivity index (χ2v) is 13.4. The zero-order chi connectivity index (χ0) is 32.6. The van der Waals surface area contributed by atoms with E-state index in [1.165, 1.54) is 66.8 Å². The zero-order valence-corrected chi connectivity index (χ0v) is 27.9. The second-order valence-electron chi connectivity index (χ2n) is 13.4. The molecule has 3 aliphatic carbocycles. The number of pyridine rings is 1. The molecular formula is C47H37N. The fraction of sp³-hybridized carbons (Fsp3) is 0.128. The molecule has 2 unspecified atom stereocenters. The van der Waals surface area contributed by atoms with Gasteiger partial charge in [-0.2, -0.15) is 0 Å². The quantitative estimate of drug-likeness (QED) is 0.193. The molecule has 230 valence electrons. The maximum Gasteiger partial charge on any atom is 0.0709 e. The van der Waals surface area contributed by atoms with Crippen LogP contribution in [0.4, 0.5) is 0 Å². The molecule has 48 heavy (non-hydrogen) atoms. The zero-order valence-electron chi connectivity index (χ0n) is 27.9. The molecule has 1 heteroatoms. The number of hydrogen-bond donors (Lipinski definition) is 0. The summed E-state index contributed by atoms with van der Waals surface area (Å²) >= 11 is 0. The van der Waals surface area contributed by atoms with Crippen molar-refractivity contribution < 1.29 is 0 Å². The highest BCUT2D eigenvalue weighted by atomic mass is 14.7. The van der Waals surface area contributed by atoms with Crippen molar-refractivity contribution in [2.45, 2.75) is 38.5 Å². The van der Waals surface area contributed by atoms with Crippen molar-refractivity contribution >= 4 is 22.0 Å². The summed E-state index contributed by atoms with van der Waals surface area (Å²) in [7, 11) is 0. The largest absolute Gasteiger partial charge is 0.248 e. The number of para-hydroxylation sites is 1. The van der Waals surface area contributed by atoms with Gasteiger partial charge in [-0.25, -0.2) is 4.98 Å². The van der Waals surface area contributed by atoms with Gasteiger partial charge in [0.25, 0.3) is 0 Å². The van der Waals surface area contributed by atoms with Crippen molar-refractivity contribution in [2.75, 3.05) is 0 Å². The van der Waals surface area contributed by atoms with Gasteiger partial charge < -0.3 is 0 Å². The summed E-state index contributed by atoms with van der Waals surface area (Å²) in [6, 6.07) is 47.4. The van der Waals surface area contributed by atoms with Crippen molar-refractivity contribution in [3.05, 3.63) is 207 Å². The van der Waals surface area contributed by atoms with Crippen LogP contribution in [-0.4, -0.2) is 4.98 Å². The van der Waals surface area contributed by atoms with E-state index in [1.54, 1.807) is 0 Å². The normalized spacial score (nSPS) is 20.8. The molecule has 6 aromatic rings. The molecular weight excluding hydrogens is 579 g/mol. The van der Waals surface area contributed by atoms with Crippen LogP contribution in [0.15, 0.2) is 163 Å². The van der Waals surface area contributed by atoms with Gasteiger partial charge in [0.2, 0.25) is 0 Å². The molecule has 1 nitrogen and oxygen atoms in total. The summed E-state index contributed by atoms with van der Waals surface area (Å²) in [6.07, 6.45) is 8.99. The van der Waals surface area contributed by atoms with E-state index in [0.717, 1.165) is 22.2 Å². The standard InChI is InChI=1S/C47H37N/c1-5-15-34-30(3)46(38-20-10-8-18-36(34)38)40-22-12-13-23-41(40)47(31(4)35(16-6-2)37-19-9-11-21-39(37)47)43-29-33(25-27-42(43)46)45-28-26-32-17-7-14-24-44(32)48-45/h5-29H,1-4H3/b15-5-,16-6-. The molecule has 0 bridgehead atoms. The molecule has 0 aliphatic heterocycles. The van der Waals surface area contributed by atoms with Crippen molar-refractivity contribution in [1.82, 2.24) is 4.98 Å². The van der Waals surface area contributed by atoms with E-state index in [4.69, 9.17) is 4.98 Å². The molecule has 0 saturated heterocycles. The fourth-order valence-electron chi connectivity index (χ4n) is 9.45. The number of nitrogens with zero attached hydrogens (tertiary/aromatic N) is 1. The summed E-state index contributed by atoms with van der Waals surface area (Å²) in [5.74, 6) is 0. The average Bonchev–Trinajstić information content (AvgIpc) is 3.52. The van der Waals surface area contributed by atoms with Crippen LogP contribution in [0.25, 0.3) is 33.3 Å². The van der Waals surface area contributed by atoms with Crippen LogP contribution in [0.3, 0.4) is 0 Å². The number of aromatic nitrogens is 1. The van der Waals surface area contributed by atoms with E-state index in [1.807, 2.05) is 0 Å². The first-order valence-electron chi connectivity index (χ1n) is 17.1. The van der Waals surface area contributed by atoms with Gasteiger partial charge in [0.15, 0.2) is 0 Å². The molecule has 1 aromatic heterocycles. The first-order valence-corrected chi connectivity index (χ1v) is 17.1. The third-order valence-corrected chi connectivity index (χ3v) is 11.3. The first-order chi connectivity index (χ1) is 23.6. The number of allylic oxidation sites excluding steroid dienone is 8. The second kappa shape index (κ2) is 10.5. The predicted octanol–water partition coefficient (Wildman–Crippen LogP) is 11.6. The summed E-state index contributed by atoms with van der Waals surface area (Å²) in [5.41, 5.74) is 18.4. The van der Waals surface area contributed by atoms with Gasteiger partial charge in [-0.15, -0.1) is 0 Å². The van der Waals surface area contributed by atoms with Gasteiger partial charge in [0.05, 0.1) is 22.0 Å². The molecule has 3 aliphatic rings. The fourth-order valence-corrected chi connectivity index (χ4v) is 9.45. The van der Waals surface area contributed by atoms with Crippen molar-refractivity contribution in [1.29, 1.82) is 0 Å². The van der Waals surface area contributed by atoms with Crippen molar-refractivity contribution in [2.24, 2.45) is 0 Å². The minimum absolute atomic E-state index is 0.434. The SMILES string of the molecule is C/C=C\C1=C(C)C2(c3ccccc31)c1ccccc1C1(C(C)=C(/C=C\C)c3ccccc31)c1cc(-c3ccc4ccccc4n3)ccc12. The molecule has 5 aromatic carbocycles. The van der Waals surface area contributed by atoms with Crippen LogP contribution in [-0.2, 0) is 10.8 Å². The Morgan fingerprint density at radius 1 is 0.479 bits per heavy atom. The molecule has 0 amide bonds. The Bertz CT molecular complexity index is 2450. The van der Waals surface area contributed by atoms with Crippen LogP contribution in [0, 0.1) is 0 Å². The number of rotatable bonds is 3.